The number of rotatable bonds is 48. The van der Waals surface area contributed by atoms with Crippen LogP contribution in [0.3, 0.4) is 0 Å². The molecule has 0 spiro atoms. The zero-order valence-corrected chi connectivity index (χ0v) is 41.8. The molecule has 0 bridgehead atoms. The van der Waals surface area contributed by atoms with Gasteiger partial charge in [-0.2, -0.15) is 0 Å². The van der Waals surface area contributed by atoms with Gasteiger partial charge in [-0.3, -0.25) is 18.6 Å². The van der Waals surface area contributed by atoms with Crippen LogP contribution in [0, 0.1) is 0 Å². The summed E-state index contributed by atoms with van der Waals surface area (Å²) in [4.78, 5) is 35.5. The number of nitrogens with zero attached hydrogens (tertiary/aromatic N) is 1. The van der Waals surface area contributed by atoms with Crippen LogP contribution >= 0.6 is 7.82 Å². The summed E-state index contributed by atoms with van der Waals surface area (Å²) in [5.41, 5.74) is 0. The molecule has 0 aliphatic carbocycles. The molecule has 0 aliphatic rings. The Labute approximate surface area is 377 Å². The summed E-state index contributed by atoms with van der Waals surface area (Å²) >= 11 is 0. The largest absolute Gasteiger partial charge is 0.472 e. The number of unbranched alkanes of at least 4 members (excludes halogenated alkanes) is 32. The standard InChI is InChI=1S/C51H100NO8P/c1-6-8-10-12-14-16-18-20-22-24-26-28-29-31-33-35-37-39-41-43-50(53)57-47-49(48-59-61(55,56)58-46-45-52(3,4)5)60-51(54)44-42-40-38-36-34-32-30-27-25-23-21-19-17-15-13-11-9-7-2/h24,26,49H,6-23,25,27-48H2,1-5H3/p+1/b26-24-/t49-/m1/s1. The van der Waals surface area contributed by atoms with Crippen LogP contribution in [0.25, 0.3) is 0 Å². The summed E-state index contributed by atoms with van der Waals surface area (Å²) < 4.78 is 34.5. The van der Waals surface area contributed by atoms with Crippen LogP contribution in [0.15, 0.2) is 12.2 Å². The molecule has 0 aromatic rings. The van der Waals surface area contributed by atoms with Gasteiger partial charge in [-0.15, -0.1) is 0 Å². The van der Waals surface area contributed by atoms with E-state index in [1.165, 1.54) is 186 Å². The minimum Gasteiger partial charge on any atom is -0.462 e. The third kappa shape index (κ3) is 48.1. The lowest BCUT2D eigenvalue weighted by Crippen LogP contribution is -2.37. The van der Waals surface area contributed by atoms with Crippen molar-refractivity contribution >= 4 is 19.8 Å². The number of esters is 2. The molecule has 9 nitrogen and oxygen atoms in total. The smallest absolute Gasteiger partial charge is 0.462 e. The number of quaternary nitrogens is 1. The van der Waals surface area contributed by atoms with Gasteiger partial charge in [0.2, 0.25) is 0 Å². The van der Waals surface area contributed by atoms with Crippen molar-refractivity contribution in [3.8, 4) is 0 Å². The zero-order chi connectivity index (χ0) is 45.0. The molecule has 0 aromatic carbocycles. The summed E-state index contributed by atoms with van der Waals surface area (Å²) in [5, 5.41) is 0. The van der Waals surface area contributed by atoms with Gasteiger partial charge >= 0.3 is 19.8 Å². The van der Waals surface area contributed by atoms with Crippen LogP contribution in [-0.4, -0.2) is 74.9 Å². The van der Waals surface area contributed by atoms with Crippen molar-refractivity contribution in [2.75, 3.05) is 47.5 Å². The molecule has 0 aromatic heterocycles. The number of allylic oxidation sites excluding steroid dienone is 2. The molecule has 0 rings (SSSR count). The Kier molecular flexibility index (Phi) is 43.1. The van der Waals surface area contributed by atoms with Gasteiger partial charge in [-0.1, -0.05) is 212 Å². The summed E-state index contributed by atoms with van der Waals surface area (Å²) in [6.07, 6.45) is 48.3. The number of hydrogen-bond acceptors (Lipinski definition) is 7. The Morgan fingerprint density at radius 3 is 1.21 bits per heavy atom. The molecule has 0 saturated heterocycles. The highest BCUT2D eigenvalue weighted by molar-refractivity contribution is 7.47. The molecular weight excluding hydrogens is 786 g/mol. The van der Waals surface area contributed by atoms with E-state index in [0.717, 1.165) is 32.1 Å². The monoisotopic (exact) mass is 887 g/mol. The van der Waals surface area contributed by atoms with Gasteiger partial charge in [0, 0.05) is 12.8 Å². The fourth-order valence-electron chi connectivity index (χ4n) is 7.48. The van der Waals surface area contributed by atoms with E-state index in [4.69, 9.17) is 18.5 Å². The van der Waals surface area contributed by atoms with E-state index in [1.807, 2.05) is 21.1 Å². The molecule has 1 N–H and O–H groups in total. The van der Waals surface area contributed by atoms with Gasteiger partial charge < -0.3 is 18.9 Å². The SMILES string of the molecule is CCCCCCCCCC/C=C\CCCCCCCCCC(=O)OC[C@H](COP(=O)(O)OCC[N+](C)(C)C)OC(=O)CCCCCCCCCCCCCCCCCCCC. The Morgan fingerprint density at radius 2 is 0.836 bits per heavy atom. The topological polar surface area (TPSA) is 108 Å². The van der Waals surface area contributed by atoms with Gasteiger partial charge in [0.05, 0.1) is 27.7 Å². The second kappa shape index (κ2) is 44.0. The summed E-state index contributed by atoms with van der Waals surface area (Å²) in [7, 11) is 1.49. The summed E-state index contributed by atoms with van der Waals surface area (Å²) in [6, 6.07) is 0. The van der Waals surface area contributed by atoms with E-state index in [1.54, 1.807) is 0 Å². The maximum atomic E-state index is 12.8. The lowest BCUT2D eigenvalue weighted by atomic mass is 10.0. The Morgan fingerprint density at radius 1 is 0.492 bits per heavy atom. The third-order valence-electron chi connectivity index (χ3n) is 11.5. The second-order valence-electron chi connectivity index (χ2n) is 18.9. The third-order valence-corrected chi connectivity index (χ3v) is 12.5. The molecule has 61 heavy (non-hydrogen) atoms. The van der Waals surface area contributed by atoms with Crippen LogP contribution in [0.5, 0.6) is 0 Å². The molecule has 0 fully saturated rings. The molecule has 0 radical (unpaired) electrons. The van der Waals surface area contributed by atoms with E-state index in [9.17, 15) is 19.0 Å². The van der Waals surface area contributed by atoms with Crippen LogP contribution in [0.1, 0.15) is 251 Å². The van der Waals surface area contributed by atoms with Crippen LogP contribution < -0.4 is 0 Å². The maximum Gasteiger partial charge on any atom is 0.472 e. The Bertz CT molecular complexity index is 1050. The number of hydrogen-bond donors (Lipinski definition) is 1. The first-order valence-corrected chi connectivity index (χ1v) is 27.4. The van der Waals surface area contributed by atoms with Crippen LogP contribution in [-0.2, 0) is 32.7 Å². The average Bonchev–Trinajstić information content (AvgIpc) is 3.21. The van der Waals surface area contributed by atoms with Gasteiger partial charge in [0.1, 0.15) is 19.8 Å². The molecule has 10 heteroatoms. The molecular formula is C51H101NO8P+. The van der Waals surface area contributed by atoms with Gasteiger partial charge in [0.25, 0.3) is 0 Å². The van der Waals surface area contributed by atoms with Crippen LogP contribution in [0.2, 0.25) is 0 Å². The van der Waals surface area contributed by atoms with E-state index in [0.29, 0.717) is 17.4 Å². The fraction of sp³-hybridized carbons (Fsp3) is 0.922. The van der Waals surface area contributed by atoms with Crippen molar-refractivity contribution in [3.63, 3.8) is 0 Å². The minimum atomic E-state index is -4.38. The predicted octanol–water partition coefficient (Wildman–Crippen LogP) is 15.3. The molecule has 0 amide bonds. The lowest BCUT2D eigenvalue weighted by Gasteiger charge is -2.24. The van der Waals surface area contributed by atoms with Crippen molar-refractivity contribution in [3.05, 3.63) is 12.2 Å². The number of phosphoric ester groups is 1. The van der Waals surface area contributed by atoms with E-state index in [2.05, 4.69) is 26.0 Å². The fourth-order valence-corrected chi connectivity index (χ4v) is 8.22. The number of carbonyl (C=O) groups is 2. The molecule has 2 atom stereocenters. The average molecular weight is 887 g/mol. The molecule has 1 unspecified atom stereocenters. The van der Waals surface area contributed by atoms with E-state index >= 15 is 0 Å². The number of carbonyl (C=O) groups excluding carboxylic acids is 2. The summed E-state index contributed by atoms with van der Waals surface area (Å²) in [5.74, 6) is -0.788. The Balaban J connectivity index is 4.22. The second-order valence-corrected chi connectivity index (χ2v) is 20.4. The quantitative estimate of drug-likeness (QED) is 0.0212. The van der Waals surface area contributed by atoms with Gasteiger partial charge in [-0.05, 0) is 38.5 Å². The summed E-state index contributed by atoms with van der Waals surface area (Å²) in [6.45, 7) is 4.47. The Hall–Kier alpha value is -1.25. The molecule has 362 valence electrons. The van der Waals surface area contributed by atoms with Crippen molar-refractivity contribution < 1.29 is 42.1 Å². The highest BCUT2D eigenvalue weighted by Gasteiger charge is 2.27. The highest BCUT2D eigenvalue weighted by Crippen LogP contribution is 2.43. The van der Waals surface area contributed by atoms with Gasteiger partial charge in [-0.25, -0.2) is 4.57 Å². The maximum absolute atomic E-state index is 12.8. The first-order valence-electron chi connectivity index (χ1n) is 25.9. The zero-order valence-electron chi connectivity index (χ0n) is 40.9. The normalized spacial score (nSPS) is 13.5. The van der Waals surface area contributed by atoms with E-state index < -0.39 is 26.5 Å². The van der Waals surface area contributed by atoms with Gasteiger partial charge in [0.15, 0.2) is 6.10 Å². The molecule has 0 aliphatic heterocycles. The van der Waals surface area contributed by atoms with E-state index in [-0.39, 0.29) is 32.0 Å². The first-order chi connectivity index (χ1) is 29.5. The highest BCUT2D eigenvalue weighted by atomic mass is 31.2. The molecule has 0 heterocycles. The lowest BCUT2D eigenvalue weighted by molar-refractivity contribution is -0.870. The number of likely N-dealkylation sites (N-methyl/N-ethyl adjacent to an activating group) is 1. The number of phosphoric acid groups is 1. The first kappa shape index (κ1) is 59.8. The van der Waals surface area contributed by atoms with Crippen molar-refractivity contribution in [1.29, 1.82) is 0 Å². The van der Waals surface area contributed by atoms with Crippen molar-refractivity contribution in [2.45, 2.75) is 258 Å². The van der Waals surface area contributed by atoms with Crippen LogP contribution in [0.4, 0.5) is 0 Å². The number of ether oxygens (including phenoxy) is 2. The predicted molar refractivity (Wildman–Crippen MR) is 257 cm³/mol. The molecule has 0 saturated carbocycles. The minimum absolute atomic E-state index is 0.0346. The van der Waals surface area contributed by atoms with Crippen molar-refractivity contribution in [1.82, 2.24) is 0 Å². The van der Waals surface area contributed by atoms with Crippen molar-refractivity contribution in [2.24, 2.45) is 0 Å².